The minimum atomic E-state index is -0.524. The Labute approximate surface area is 171 Å². The lowest BCUT2D eigenvalue weighted by Gasteiger charge is -2.27. The molecule has 0 bridgehead atoms. The highest BCUT2D eigenvalue weighted by atomic mass is 79.9. The second-order valence-electron chi connectivity index (χ2n) is 7.33. The summed E-state index contributed by atoms with van der Waals surface area (Å²) in [5, 5.41) is 1.29. The second-order valence-corrected chi connectivity index (χ2v) is 8.56. The smallest absolute Gasteiger partial charge is 0.410 e. The third-order valence-electron chi connectivity index (χ3n) is 4.07. The summed E-state index contributed by atoms with van der Waals surface area (Å²) in [6, 6.07) is 1.85. The van der Waals surface area contributed by atoms with Crippen LogP contribution >= 0.6 is 27.5 Å². The van der Waals surface area contributed by atoms with E-state index in [1.807, 2.05) is 26.8 Å². The van der Waals surface area contributed by atoms with Crippen molar-refractivity contribution in [3.05, 3.63) is 21.9 Å². The number of amides is 1. The summed E-state index contributed by atoms with van der Waals surface area (Å²) in [7, 11) is 1.72. The SMILES string of the molecule is CN(CCN1CCOc2c(Cl)c(Br)cc3ncnc1c23)C(=O)OC(C)(C)C. The Balaban J connectivity index is 1.84. The Morgan fingerprint density at radius 1 is 1.44 bits per heavy atom. The predicted octanol–water partition coefficient (Wildman–Crippen LogP) is 4.11. The highest BCUT2D eigenvalue weighted by Gasteiger charge is 2.25. The molecular weight excluding hydrogens is 436 g/mol. The van der Waals surface area contributed by atoms with Gasteiger partial charge in [0.1, 0.15) is 24.4 Å². The van der Waals surface area contributed by atoms with Crippen molar-refractivity contribution in [1.82, 2.24) is 14.9 Å². The molecule has 1 aliphatic heterocycles. The summed E-state index contributed by atoms with van der Waals surface area (Å²) < 4.78 is 12.0. The van der Waals surface area contributed by atoms with Crippen LogP contribution in [0.1, 0.15) is 20.8 Å². The lowest BCUT2D eigenvalue weighted by molar-refractivity contribution is 0.0303. The minimum absolute atomic E-state index is 0.353. The van der Waals surface area contributed by atoms with E-state index in [-0.39, 0.29) is 6.09 Å². The first-order valence-corrected chi connectivity index (χ1v) is 9.79. The molecule has 9 heteroatoms. The molecule has 1 aliphatic rings. The van der Waals surface area contributed by atoms with E-state index in [1.54, 1.807) is 11.9 Å². The summed E-state index contributed by atoms with van der Waals surface area (Å²) in [4.78, 5) is 24.6. The average molecular weight is 458 g/mol. The maximum atomic E-state index is 12.2. The fourth-order valence-corrected chi connectivity index (χ4v) is 3.38. The highest BCUT2D eigenvalue weighted by Crippen LogP contribution is 2.43. The zero-order valence-corrected chi connectivity index (χ0v) is 18.1. The number of halogens is 2. The Morgan fingerprint density at radius 3 is 2.89 bits per heavy atom. The van der Waals surface area contributed by atoms with Gasteiger partial charge in [0.2, 0.25) is 0 Å². The molecule has 0 saturated carbocycles. The maximum absolute atomic E-state index is 12.2. The van der Waals surface area contributed by atoms with Crippen LogP contribution < -0.4 is 9.64 Å². The van der Waals surface area contributed by atoms with Crippen molar-refractivity contribution < 1.29 is 14.3 Å². The van der Waals surface area contributed by atoms with Gasteiger partial charge >= 0.3 is 6.09 Å². The molecule has 2 aromatic rings. The van der Waals surface area contributed by atoms with Gasteiger partial charge in [0.05, 0.1) is 22.5 Å². The highest BCUT2D eigenvalue weighted by molar-refractivity contribution is 9.10. The molecule has 0 aliphatic carbocycles. The van der Waals surface area contributed by atoms with Gasteiger partial charge in [0, 0.05) is 24.6 Å². The molecule has 0 fully saturated rings. The number of aromatic nitrogens is 2. The van der Waals surface area contributed by atoms with Gasteiger partial charge in [-0.05, 0) is 42.8 Å². The van der Waals surface area contributed by atoms with Crippen molar-refractivity contribution in [3.8, 4) is 5.75 Å². The van der Waals surface area contributed by atoms with Gasteiger partial charge in [-0.1, -0.05) is 11.6 Å². The average Bonchev–Trinajstić information content (AvgIpc) is 2.77. The number of likely N-dealkylation sites (N-methyl/N-ethyl adjacent to an activating group) is 1. The molecule has 2 heterocycles. The Kier molecular flexibility index (Phi) is 5.67. The summed E-state index contributed by atoms with van der Waals surface area (Å²) in [5.41, 5.74) is 0.225. The number of carbonyl (C=O) groups is 1. The van der Waals surface area contributed by atoms with Gasteiger partial charge in [0.15, 0.2) is 5.75 Å². The van der Waals surface area contributed by atoms with Crippen molar-refractivity contribution in [2.75, 3.05) is 38.2 Å². The molecule has 1 aromatic heterocycles. The zero-order chi connectivity index (χ0) is 19.8. The molecule has 146 valence electrons. The molecule has 0 atom stereocenters. The van der Waals surface area contributed by atoms with Crippen LogP contribution in [0.15, 0.2) is 16.9 Å². The third-order valence-corrected chi connectivity index (χ3v) is 5.30. The van der Waals surface area contributed by atoms with Crippen LogP contribution in [-0.4, -0.2) is 59.9 Å². The van der Waals surface area contributed by atoms with Crippen molar-refractivity contribution in [1.29, 1.82) is 0 Å². The number of carbonyl (C=O) groups excluding carboxylic acids is 1. The van der Waals surface area contributed by atoms with Crippen molar-refractivity contribution in [2.45, 2.75) is 26.4 Å². The van der Waals surface area contributed by atoms with Crippen LogP contribution in [0.4, 0.5) is 10.6 Å². The van der Waals surface area contributed by atoms with E-state index in [9.17, 15) is 4.79 Å². The normalized spacial score (nSPS) is 13.9. The van der Waals surface area contributed by atoms with Gasteiger partial charge < -0.3 is 19.3 Å². The molecule has 3 rings (SSSR count). The summed E-state index contributed by atoms with van der Waals surface area (Å²) in [6.45, 7) is 7.69. The Hall–Kier alpha value is -1.80. The predicted molar refractivity (Wildman–Crippen MR) is 109 cm³/mol. The standard InChI is InChI=1S/C18H22BrClN4O3/c1-18(2,3)27-17(25)23(4)5-6-24-7-8-26-15-13-12(9-11(19)14(15)20)21-10-22-16(13)24/h9-10H,5-8H2,1-4H3. The van der Waals surface area contributed by atoms with Crippen LogP contribution in [-0.2, 0) is 4.74 Å². The first kappa shape index (κ1) is 19.9. The Bertz CT molecular complexity index is 872. The third kappa shape index (κ3) is 4.38. The summed E-state index contributed by atoms with van der Waals surface area (Å²) >= 11 is 9.86. The molecule has 1 amide bonds. The van der Waals surface area contributed by atoms with Gasteiger partial charge in [-0.25, -0.2) is 14.8 Å². The summed E-state index contributed by atoms with van der Waals surface area (Å²) in [5.74, 6) is 1.33. The number of ether oxygens (including phenoxy) is 2. The van der Waals surface area contributed by atoms with E-state index in [0.717, 1.165) is 21.2 Å². The Morgan fingerprint density at radius 2 is 2.19 bits per heavy atom. The molecule has 7 nitrogen and oxygen atoms in total. The van der Waals surface area contributed by atoms with Crippen LogP contribution in [0.3, 0.4) is 0 Å². The zero-order valence-electron chi connectivity index (χ0n) is 15.8. The van der Waals surface area contributed by atoms with Gasteiger partial charge in [-0.15, -0.1) is 0 Å². The number of hydrogen-bond acceptors (Lipinski definition) is 6. The molecule has 27 heavy (non-hydrogen) atoms. The fraction of sp³-hybridized carbons (Fsp3) is 0.500. The monoisotopic (exact) mass is 456 g/mol. The second kappa shape index (κ2) is 7.67. The van der Waals surface area contributed by atoms with Gasteiger partial charge in [0.25, 0.3) is 0 Å². The molecule has 0 unspecified atom stereocenters. The molecule has 0 radical (unpaired) electrons. The number of benzene rings is 1. The van der Waals surface area contributed by atoms with E-state index in [2.05, 4.69) is 30.8 Å². The van der Waals surface area contributed by atoms with E-state index in [4.69, 9.17) is 21.1 Å². The molecule has 0 spiro atoms. The van der Waals surface area contributed by atoms with Crippen LogP contribution in [0.2, 0.25) is 5.02 Å². The molecule has 0 N–H and O–H groups in total. The minimum Gasteiger partial charge on any atom is -0.489 e. The van der Waals surface area contributed by atoms with Crippen molar-refractivity contribution in [2.24, 2.45) is 0 Å². The maximum Gasteiger partial charge on any atom is 0.410 e. The van der Waals surface area contributed by atoms with E-state index in [0.29, 0.717) is 37.0 Å². The van der Waals surface area contributed by atoms with E-state index in [1.165, 1.54) is 6.33 Å². The van der Waals surface area contributed by atoms with Gasteiger partial charge in [-0.2, -0.15) is 0 Å². The largest absolute Gasteiger partial charge is 0.489 e. The van der Waals surface area contributed by atoms with Crippen molar-refractivity contribution in [3.63, 3.8) is 0 Å². The topological polar surface area (TPSA) is 67.8 Å². The van der Waals surface area contributed by atoms with Crippen molar-refractivity contribution >= 4 is 50.3 Å². The van der Waals surface area contributed by atoms with Gasteiger partial charge in [-0.3, -0.25) is 0 Å². The number of rotatable bonds is 3. The summed E-state index contributed by atoms with van der Waals surface area (Å²) in [6.07, 6.45) is 1.17. The fourth-order valence-electron chi connectivity index (χ4n) is 2.78. The van der Waals surface area contributed by atoms with E-state index < -0.39 is 5.60 Å². The first-order valence-electron chi connectivity index (χ1n) is 8.62. The number of nitrogens with zero attached hydrogens (tertiary/aromatic N) is 4. The molecule has 0 saturated heterocycles. The van der Waals surface area contributed by atoms with Crippen LogP contribution in [0.5, 0.6) is 5.75 Å². The quantitative estimate of drug-likeness (QED) is 0.691. The van der Waals surface area contributed by atoms with Crippen LogP contribution in [0, 0.1) is 0 Å². The van der Waals surface area contributed by atoms with Crippen LogP contribution in [0.25, 0.3) is 10.9 Å². The first-order chi connectivity index (χ1) is 12.7. The number of hydrogen-bond donors (Lipinski definition) is 0. The lowest BCUT2D eigenvalue weighted by atomic mass is 10.2. The van der Waals surface area contributed by atoms with E-state index >= 15 is 0 Å². The number of anilines is 1. The molecule has 1 aromatic carbocycles. The molecular formula is C18H22BrClN4O3. The lowest BCUT2D eigenvalue weighted by Crippen LogP contribution is -2.40.